The van der Waals surface area contributed by atoms with Crippen molar-refractivity contribution in [2.24, 2.45) is 0 Å². The van der Waals surface area contributed by atoms with Crippen LogP contribution in [-0.2, 0) is 50.3 Å². The maximum Gasteiger partial charge on any atom is 2.00 e. The molecule has 0 amide bonds. The van der Waals surface area contributed by atoms with E-state index in [4.69, 9.17) is 0 Å². The first kappa shape index (κ1) is 50.7. The zero-order valence-corrected chi connectivity index (χ0v) is 6.41. The normalized spacial score (nSPS) is 0. The Morgan fingerprint density at radius 2 is 1.00 bits per heavy atom. The molecule has 0 radical (unpaired) electrons. The van der Waals surface area contributed by atoms with Crippen molar-refractivity contribution in [3.63, 3.8) is 0 Å². The van der Waals surface area contributed by atoms with E-state index in [1.807, 2.05) is 0 Å². The molecule has 0 atom stereocenters. The van der Waals surface area contributed by atoms with Crippen LogP contribution in [0.3, 0.4) is 0 Å². The molecule has 0 nitrogen and oxygen atoms in total. The molecule has 0 heterocycles. The van der Waals surface area contributed by atoms with E-state index in [2.05, 4.69) is 0 Å². The van der Waals surface area contributed by atoms with Gasteiger partial charge >= 0.3 is 23.1 Å². The van der Waals surface area contributed by atoms with Gasteiger partial charge in [0, 0.05) is 50.3 Å². The first-order valence-electron chi connectivity index (χ1n) is 0. The van der Waals surface area contributed by atoms with Crippen LogP contribution in [0.5, 0.6) is 0 Å². The molecule has 0 saturated carbocycles. The molecule has 0 rings (SSSR count). The Morgan fingerprint density at radius 1 is 1.00 bits per heavy atom. The molecule has 0 aromatic heterocycles. The van der Waals surface area contributed by atoms with Crippen LogP contribution >= 0.6 is 0 Å². The predicted octanol–water partition coefficient (Wildman–Crippen LogP) is -1.61. The molecule has 38 valence electrons. The summed E-state index contributed by atoms with van der Waals surface area (Å²) in [6.45, 7) is 0. The smallest absolute Gasteiger partial charge is 1.00 e. The fourth-order valence-electron chi connectivity index (χ4n) is 0. The molecule has 0 bridgehead atoms. The number of hydrogen-bond acceptors (Lipinski definition) is 0. The fourth-order valence-corrected chi connectivity index (χ4v) is 0. The van der Waals surface area contributed by atoms with Gasteiger partial charge in [0.2, 0.25) is 0 Å². The van der Waals surface area contributed by atoms with E-state index in [-0.39, 0.29) is 87.2 Å². The van der Waals surface area contributed by atoms with Crippen molar-refractivity contribution in [1.29, 1.82) is 0 Å². The monoisotopic (exact) mass is 226 g/mol. The summed E-state index contributed by atoms with van der Waals surface area (Å²) in [4.78, 5) is 0. The summed E-state index contributed by atoms with van der Waals surface area (Å²) >= 11 is 0. The quantitative estimate of drug-likeness (QED) is 0.437. The van der Waals surface area contributed by atoms with E-state index < -0.39 is 0 Å². The summed E-state index contributed by atoms with van der Waals surface area (Å²) in [5, 5.41) is 0. The minimum absolute atomic E-state index is 0. The average Bonchev–Trinajstić information content (AvgIpc) is 0. The van der Waals surface area contributed by atoms with Crippen LogP contribution in [0.25, 0.3) is 0 Å². The van der Waals surface area contributed by atoms with Crippen molar-refractivity contribution in [1.82, 2.24) is 0 Å². The molecule has 0 aromatic rings. The Morgan fingerprint density at radius 3 is 1.00 bits per heavy atom. The Balaban J connectivity index is 0. The topological polar surface area (TPSA) is 0 Å². The van der Waals surface area contributed by atoms with Crippen molar-refractivity contribution in [3.05, 3.63) is 0 Å². The largest absolute Gasteiger partial charge is 2.00 e. The molecule has 0 aliphatic rings. The van der Waals surface area contributed by atoms with E-state index in [9.17, 15) is 0 Å². The van der Waals surface area contributed by atoms with Crippen LogP contribution < -0.4 is 0 Å². The summed E-state index contributed by atoms with van der Waals surface area (Å²) in [5.74, 6) is 0. The first-order chi connectivity index (χ1) is 0. The van der Waals surface area contributed by atoms with Crippen molar-refractivity contribution >= 4 is 34.0 Å². The van der Waals surface area contributed by atoms with Gasteiger partial charge in [0.05, 0.1) is 0 Å². The molecule has 0 unspecified atom stereocenters. The minimum Gasteiger partial charge on any atom is -1.00 e. The molecule has 0 fully saturated rings. The van der Waals surface area contributed by atoms with Crippen molar-refractivity contribution in [3.8, 4) is 0 Å². The molecule has 5 heavy (non-hydrogen) atoms. The Hall–Kier alpha value is 2.50. The molecule has 5 heteroatoms. The summed E-state index contributed by atoms with van der Waals surface area (Å²) in [5.41, 5.74) is 0. The Bertz CT molecular complexity index is 15.7. The molecule has 0 saturated heterocycles. The third-order valence-electron chi connectivity index (χ3n) is 0. The second-order valence-electron chi connectivity index (χ2n) is 0. The van der Waals surface area contributed by atoms with Gasteiger partial charge < -0.3 is 2.85 Å². The van der Waals surface area contributed by atoms with Gasteiger partial charge in [-0.05, 0) is 11.0 Å². The van der Waals surface area contributed by atoms with Crippen LogP contribution in [0, 0.1) is 0 Å². The second kappa shape index (κ2) is 31.4. The van der Waals surface area contributed by atoms with Gasteiger partial charge in [-0.15, -0.1) is 0 Å². The standard InChI is InChI=1S/Cr.Mg.2Ni.H4Si.2H/h;;;;1H4;;/q;+2;;;;2*-1. The summed E-state index contributed by atoms with van der Waals surface area (Å²) in [6, 6.07) is 0. The second-order valence-corrected chi connectivity index (χ2v) is 0. The molecule has 0 aromatic carbocycles. The summed E-state index contributed by atoms with van der Waals surface area (Å²) in [7, 11) is 0. The van der Waals surface area contributed by atoms with Crippen molar-refractivity contribution < 1.29 is 53.2 Å². The number of hydrogen-bond donors (Lipinski definition) is 0. The van der Waals surface area contributed by atoms with E-state index in [0.29, 0.717) is 0 Å². The summed E-state index contributed by atoms with van der Waals surface area (Å²) < 4.78 is 0. The van der Waals surface area contributed by atoms with Gasteiger partial charge in [0.25, 0.3) is 0 Å². The molecule has 0 spiro atoms. The molecular weight excluding hydrogens is 222 g/mol. The third-order valence-corrected chi connectivity index (χ3v) is 0. The van der Waals surface area contributed by atoms with E-state index in [0.717, 1.165) is 0 Å². The van der Waals surface area contributed by atoms with Gasteiger partial charge in [-0.25, -0.2) is 0 Å². The molecular formula is H6CrMgNi2Si. The van der Waals surface area contributed by atoms with E-state index in [1.165, 1.54) is 0 Å². The first-order valence-corrected chi connectivity index (χ1v) is 0. The maximum atomic E-state index is 0. The number of rotatable bonds is 0. The molecule has 0 N–H and O–H groups in total. The average molecular weight is 228 g/mol. The minimum atomic E-state index is 0. The van der Waals surface area contributed by atoms with Gasteiger partial charge in [-0.3, -0.25) is 0 Å². The van der Waals surface area contributed by atoms with Crippen LogP contribution in [0.15, 0.2) is 0 Å². The van der Waals surface area contributed by atoms with Gasteiger partial charge in [-0.1, -0.05) is 0 Å². The Labute approximate surface area is 86.3 Å². The maximum absolute atomic E-state index is 0. The third kappa shape index (κ3) is 21.0. The summed E-state index contributed by atoms with van der Waals surface area (Å²) in [6.07, 6.45) is 0. The fraction of sp³-hybridized carbons (Fsp3) is 0. The van der Waals surface area contributed by atoms with Crippen molar-refractivity contribution in [2.75, 3.05) is 0 Å². The van der Waals surface area contributed by atoms with Gasteiger partial charge in [-0.2, -0.15) is 0 Å². The SMILES string of the molecule is [Cr].[H-].[H-].[Mg+2].[Ni].[Ni].[SiH4]. The Kier molecular flexibility index (Phi) is 318. The molecule has 0 aliphatic carbocycles. The van der Waals surface area contributed by atoms with Crippen LogP contribution in [0.4, 0.5) is 0 Å². The zero-order chi connectivity index (χ0) is 0. The zero-order valence-electron chi connectivity index (χ0n) is 3.75. The van der Waals surface area contributed by atoms with Crippen molar-refractivity contribution in [2.45, 2.75) is 0 Å². The van der Waals surface area contributed by atoms with Gasteiger partial charge in [0.15, 0.2) is 0 Å². The van der Waals surface area contributed by atoms with Crippen LogP contribution in [-0.4, -0.2) is 34.0 Å². The van der Waals surface area contributed by atoms with Gasteiger partial charge in [0.1, 0.15) is 0 Å². The van der Waals surface area contributed by atoms with E-state index in [1.54, 1.807) is 0 Å². The molecule has 0 aliphatic heterocycles. The predicted molar refractivity (Wildman–Crippen MR) is 19.3 cm³/mol. The van der Waals surface area contributed by atoms with Crippen LogP contribution in [0.1, 0.15) is 2.85 Å². The van der Waals surface area contributed by atoms with E-state index >= 15 is 0 Å². The van der Waals surface area contributed by atoms with Crippen LogP contribution in [0.2, 0.25) is 0 Å².